The second-order valence-electron chi connectivity index (χ2n) is 8.04. The Hall–Kier alpha value is -1.50. The summed E-state index contributed by atoms with van der Waals surface area (Å²) >= 11 is 0. The summed E-state index contributed by atoms with van der Waals surface area (Å²) < 4.78 is 0. The molecule has 2 aromatic carbocycles. The molecule has 0 N–H and O–H groups in total. The summed E-state index contributed by atoms with van der Waals surface area (Å²) in [5, 5.41) is 2.46. The molecule has 0 saturated carbocycles. The van der Waals surface area contributed by atoms with Gasteiger partial charge in [-0.25, -0.2) is 0 Å². The van der Waals surface area contributed by atoms with Crippen LogP contribution in [0.2, 0.25) is 0 Å². The molecule has 1 aliphatic carbocycles. The summed E-state index contributed by atoms with van der Waals surface area (Å²) in [6, 6.07) is 18.4. The quantitative estimate of drug-likeness (QED) is 0.400. The number of benzene rings is 2. The van der Waals surface area contributed by atoms with Crippen molar-refractivity contribution in [3.63, 3.8) is 0 Å². The third kappa shape index (κ3) is 2.72. The maximum Gasteiger partial charge on any atom is 0.0201 e. The summed E-state index contributed by atoms with van der Waals surface area (Å²) in [5.41, 5.74) is 5.35. The Morgan fingerprint density at radius 1 is 0.917 bits per heavy atom. The first-order chi connectivity index (χ1) is 10.9. The van der Waals surface area contributed by atoms with Crippen molar-refractivity contribution in [1.29, 1.82) is 0 Å². The minimum Gasteiger partial charge on any atom is -0.304 e. The Morgan fingerprint density at radius 3 is 2.33 bits per heavy atom. The van der Waals surface area contributed by atoms with Crippen LogP contribution in [0.15, 0.2) is 48.7 Å². The number of aromatic nitrogens is 1. The smallest absolute Gasteiger partial charge is 0.0201 e. The second kappa shape index (κ2) is 5.79. The SMILES string of the molecule is CC1(C)CC(C)(C)c2cc(-c3[c-]cc4ccccc4c3)ncc21.[Ir]. The molecule has 0 spiro atoms. The molecule has 2 heteroatoms. The van der Waals surface area contributed by atoms with E-state index in [9.17, 15) is 0 Å². The molecule has 1 radical (unpaired) electrons. The van der Waals surface area contributed by atoms with E-state index >= 15 is 0 Å². The van der Waals surface area contributed by atoms with Crippen molar-refractivity contribution in [3.8, 4) is 11.3 Å². The molecule has 0 fully saturated rings. The van der Waals surface area contributed by atoms with E-state index in [1.165, 1.54) is 28.3 Å². The van der Waals surface area contributed by atoms with E-state index in [2.05, 4.69) is 82.4 Å². The van der Waals surface area contributed by atoms with Crippen LogP contribution >= 0.6 is 0 Å². The van der Waals surface area contributed by atoms with Gasteiger partial charge >= 0.3 is 0 Å². The van der Waals surface area contributed by atoms with Crippen LogP contribution in [0.4, 0.5) is 0 Å². The van der Waals surface area contributed by atoms with Gasteiger partial charge in [-0.15, -0.1) is 29.1 Å². The van der Waals surface area contributed by atoms with Crippen molar-refractivity contribution in [1.82, 2.24) is 4.98 Å². The number of pyridine rings is 1. The minimum atomic E-state index is 0. The summed E-state index contributed by atoms with van der Waals surface area (Å²) in [4.78, 5) is 4.76. The predicted octanol–water partition coefficient (Wildman–Crippen LogP) is 5.66. The van der Waals surface area contributed by atoms with Gasteiger partial charge in [-0.3, -0.25) is 0 Å². The van der Waals surface area contributed by atoms with Crippen molar-refractivity contribution >= 4 is 10.8 Å². The number of hydrogen-bond donors (Lipinski definition) is 0. The average molecular weight is 493 g/mol. The Labute approximate surface area is 157 Å². The molecule has 1 heterocycles. The van der Waals surface area contributed by atoms with Crippen LogP contribution in [0.25, 0.3) is 22.0 Å². The molecule has 0 saturated heterocycles. The van der Waals surface area contributed by atoms with Crippen LogP contribution in [0.3, 0.4) is 0 Å². The molecular weight excluding hydrogens is 470 g/mol. The number of fused-ring (bicyclic) bond motifs is 2. The van der Waals surface area contributed by atoms with E-state index in [4.69, 9.17) is 4.98 Å². The summed E-state index contributed by atoms with van der Waals surface area (Å²) in [6.07, 6.45) is 3.25. The molecule has 1 aromatic heterocycles. The van der Waals surface area contributed by atoms with Gasteiger partial charge in [-0.2, -0.15) is 0 Å². The van der Waals surface area contributed by atoms with E-state index in [0.717, 1.165) is 11.3 Å². The fourth-order valence-corrected chi connectivity index (χ4v) is 4.27. The van der Waals surface area contributed by atoms with Gasteiger partial charge in [0.1, 0.15) is 0 Å². The van der Waals surface area contributed by atoms with Crippen LogP contribution in [0.5, 0.6) is 0 Å². The van der Waals surface area contributed by atoms with Crippen LogP contribution < -0.4 is 0 Å². The van der Waals surface area contributed by atoms with Crippen LogP contribution in [0, 0.1) is 6.07 Å². The minimum absolute atomic E-state index is 0. The molecular formula is C22H22IrN-. The Balaban J connectivity index is 0.00000169. The van der Waals surface area contributed by atoms with Crippen molar-refractivity contribution in [2.75, 3.05) is 0 Å². The zero-order chi connectivity index (χ0) is 16.2. The van der Waals surface area contributed by atoms with Crippen LogP contribution in [-0.2, 0) is 30.9 Å². The van der Waals surface area contributed by atoms with E-state index in [-0.39, 0.29) is 30.9 Å². The maximum absolute atomic E-state index is 4.76. The molecule has 125 valence electrons. The van der Waals surface area contributed by atoms with Gasteiger partial charge in [0.2, 0.25) is 0 Å². The molecule has 1 nitrogen and oxygen atoms in total. The van der Waals surface area contributed by atoms with Gasteiger partial charge in [-0.05, 0) is 34.1 Å². The van der Waals surface area contributed by atoms with Gasteiger partial charge in [-0.1, -0.05) is 63.4 Å². The Kier molecular flexibility index (Phi) is 4.18. The Morgan fingerprint density at radius 2 is 1.58 bits per heavy atom. The first kappa shape index (κ1) is 17.3. The van der Waals surface area contributed by atoms with E-state index < -0.39 is 0 Å². The fourth-order valence-electron chi connectivity index (χ4n) is 4.27. The number of rotatable bonds is 1. The van der Waals surface area contributed by atoms with Crippen molar-refractivity contribution < 1.29 is 20.1 Å². The van der Waals surface area contributed by atoms with Crippen molar-refractivity contribution in [2.24, 2.45) is 0 Å². The number of hydrogen-bond acceptors (Lipinski definition) is 1. The average Bonchev–Trinajstić information content (AvgIpc) is 2.71. The molecule has 0 atom stereocenters. The summed E-state index contributed by atoms with van der Waals surface area (Å²) in [6.45, 7) is 9.33. The van der Waals surface area contributed by atoms with Crippen molar-refractivity contribution in [3.05, 3.63) is 65.9 Å². The normalized spacial score (nSPS) is 17.3. The zero-order valence-corrected chi connectivity index (χ0v) is 17.0. The molecule has 0 aliphatic heterocycles. The third-order valence-electron chi connectivity index (χ3n) is 5.20. The topological polar surface area (TPSA) is 12.9 Å². The maximum atomic E-state index is 4.76. The summed E-state index contributed by atoms with van der Waals surface area (Å²) in [5.74, 6) is 0. The van der Waals surface area contributed by atoms with Gasteiger partial charge < -0.3 is 4.98 Å². The second-order valence-corrected chi connectivity index (χ2v) is 8.04. The molecule has 0 amide bonds. The van der Waals surface area contributed by atoms with Gasteiger partial charge in [0.15, 0.2) is 0 Å². The van der Waals surface area contributed by atoms with Crippen molar-refractivity contribution in [2.45, 2.75) is 44.9 Å². The van der Waals surface area contributed by atoms with E-state index in [0.29, 0.717) is 0 Å². The zero-order valence-electron chi connectivity index (χ0n) is 14.6. The molecule has 0 unspecified atom stereocenters. The van der Waals surface area contributed by atoms with Gasteiger partial charge in [0.25, 0.3) is 0 Å². The first-order valence-corrected chi connectivity index (χ1v) is 8.29. The van der Waals surface area contributed by atoms with Gasteiger partial charge in [0.05, 0.1) is 0 Å². The molecule has 3 aromatic rings. The number of nitrogens with zero attached hydrogens (tertiary/aromatic N) is 1. The summed E-state index contributed by atoms with van der Waals surface area (Å²) in [7, 11) is 0. The largest absolute Gasteiger partial charge is 0.304 e. The van der Waals surface area contributed by atoms with Crippen LogP contribution in [-0.4, -0.2) is 4.98 Å². The van der Waals surface area contributed by atoms with E-state index in [1.54, 1.807) is 0 Å². The molecule has 1 aliphatic rings. The van der Waals surface area contributed by atoms with Crippen LogP contribution in [0.1, 0.15) is 45.2 Å². The van der Waals surface area contributed by atoms with Gasteiger partial charge in [0, 0.05) is 26.3 Å². The predicted molar refractivity (Wildman–Crippen MR) is 96.7 cm³/mol. The Bertz CT molecular complexity index is 909. The fraction of sp³-hybridized carbons (Fsp3) is 0.318. The molecule has 4 rings (SSSR count). The standard InChI is InChI=1S/C22H22N.Ir/c1-21(2)14-22(3,4)19-13-23-20(12-18(19)21)17-10-9-15-7-5-6-8-16(15)11-17;/h5-9,11-13H,14H2,1-4H3;/q-1;. The molecule has 24 heavy (non-hydrogen) atoms. The third-order valence-corrected chi connectivity index (χ3v) is 5.20. The monoisotopic (exact) mass is 493 g/mol. The molecule has 0 bridgehead atoms. The first-order valence-electron chi connectivity index (χ1n) is 8.29. The van der Waals surface area contributed by atoms with E-state index in [1.807, 2.05) is 0 Å².